The van der Waals surface area contributed by atoms with Gasteiger partial charge >= 0.3 is 0 Å². The highest BCUT2D eigenvalue weighted by Gasteiger charge is 2.06. The molecule has 1 aromatic rings. The molecule has 1 unspecified atom stereocenters. The van der Waals surface area contributed by atoms with Crippen molar-refractivity contribution in [3.63, 3.8) is 0 Å². The average molecular weight is 239 g/mol. The lowest BCUT2D eigenvalue weighted by Gasteiger charge is -2.12. The lowest BCUT2D eigenvalue weighted by atomic mass is 10.0. The van der Waals surface area contributed by atoms with Crippen LogP contribution in [0.5, 0.6) is 5.75 Å². The Morgan fingerprint density at radius 1 is 1.35 bits per heavy atom. The van der Waals surface area contributed by atoms with Gasteiger partial charge in [0.2, 0.25) is 0 Å². The lowest BCUT2D eigenvalue weighted by molar-refractivity contribution is 0.335. The molecule has 1 rings (SSSR count). The van der Waals surface area contributed by atoms with Crippen LogP contribution in [-0.4, -0.2) is 12.6 Å². The summed E-state index contributed by atoms with van der Waals surface area (Å²) in [5, 5.41) is 0. The molecule has 3 heteroatoms. The molecule has 2 N–H and O–H groups in total. The fraction of sp³-hybridized carbons (Fsp3) is 0.571. The Kier molecular flexibility index (Phi) is 5.98. The maximum absolute atomic E-state index is 13.2. The number of ether oxygens (including phenoxy) is 1. The van der Waals surface area contributed by atoms with E-state index in [1.54, 1.807) is 12.1 Å². The van der Waals surface area contributed by atoms with Gasteiger partial charge in [-0.3, -0.25) is 0 Å². The summed E-state index contributed by atoms with van der Waals surface area (Å²) in [5.41, 5.74) is 6.80. The van der Waals surface area contributed by atoms with E-state index in [0.29, 0.717) is 6.61 Å². The summed E-state index contributed by atoms with van der Waals surface area (Å²) in [4.78, 5) is 0. The highest BCUT2D eigenvalue weighted by atomic mass is 19.1. The second kappa shape index (κ2) is 7.28. The molecule has 0 bridgehead atoms. The third-order valence-electron chi connectivity index (χ3n) is 2.87. The Bertz CT molecular complexity index is 341. The van der Waals surface area contributed by atoms with Gasteiger partial charge in [-0.05, 0) is 56.4 Å². The van der Waals surface area contributed by atoms with E-state index in [1.165, 1.54) is 6.07 Å². The van der Waals surface area contributed by atoms with Crippen molar-refractivity contribution in [2.45, 2.75) is 45.6 Å². The van der Waals surface area contributed by atoms with E-state index in [-0.39, 0.29) is 11.9 Å². The Balaban J connectivity index is 2.58. The predicted molar refractivity (Wildman–Crippen MR) is 68.8 cm³/mol. The summed E-state index contributed by atoms with van der Waals surface area (Å²) in [6.07, 6.45) is 3.75. The van der Waals surface area contributed by atoms with Crippen LogP contribution in [-0.2, 0) is 6.42 Å². The maximum atomic E-state index is 13.2. The van der Waals surface area contributed by atoms with Crippen LogP contribution >= 0.6 is 0 Å². The number of halogens is 1. The summed E-state index contributed by atoms with van der Waals surface area (Å²) in [6.45, 7) is 4.62. The van der Waals surface area contributed by atoms with Crippen molar-refractivity contribution in [2.75, 3.05) is 6.61 Å². The molecule has 0 spiro atoms. The van der Waals surface area contributed by atoms with Crippen molar-refractivity contribution >= 4 is 0 Å². The molecule has 96 valence electrons. The zero-order valence-electron chi connectivity index (χ0n) is 10.7. The van der Waals surface area contributed by atoms with Crippen LogP contribution in [0.25, 0.3) is 0 Å². The molecule has 1 aromatic carbocycles. The van der Waals surface area contributed by atoms with Gasteiger partial charge in [0, 0.05) is 6.04 Å². The third-order valence-corrected chi connectivity index (χ3v) is 2.87. The van der Waals surface area contributed by atoms with Gasteiger partial charge in [0.15, 0.2) is 0 Å². The molecule has 0 aliphatic carbocycles. The fourth-order valence-corrected chi connectivity index (χ4v) is 1.80. The van der Waals surface area contributed by atoms with Gasteiger partial charge in [0.25, 0.3) is 0 Å². The Labute approximate surface area is 103 Å². The predicted octanol–water partition coefficient (Wildman–Crippen LogP) is 3.28. The van der Waals surface area contributed by atoms with Gasteiger partial charge in [0.1, 0.15) is 11.6 Å². The van der Waals surface area contributed by atoms with Gasteiger partial charge in [-0.2, -0.15) is 0 Å². The number of hydrogen-bond donors (Lipinski definition) is 1. The number of hydrogen-bond acceptors (Lipinski definition) is 2. The van der Waals surface area contributed by atoms with E-state index in [0.717, 1.165) is 37.0 Å². The average Bonchev–Trinajstić information content (AvgIpc) is 2.32. The molecule has 0 aliphatic rings. The monoisotopic (exact) mass is 239 g/mol. The van der Waals surface area contributed by atoms with Crippen LogP contribution in [0.15, 0.2) is 18.2 Å². The van der Waals surface area contributed by atoms with E-state index in [4.69, 9.17) is 10.5 Å². The van der Waals surface area contributed by atoms with Crippen molar-refractivity contribution < 1.29 is 9.13 Å². The van der Waals surface area contributed by atoms with Crippen LogP contribution < -0.4 is 10.5 Å². The van der Waals surface area contributed by atoms with Gasteiger partial charge in [-0.15, -0.1) is 0 Å². The van der Waals surface area contributed by atoms with Gasteiger partial charge < -0.3 is 10.5 Å². The maximum Gasteiger partial charge on any atom is 0.123 e. The highest BCUT2D eigenvalue weighted by Crippen LogP contribution is 2.22. The van der Waals surface area contributed by atoms with Crippen molar-refractivity contribution in [1.29, 1.82) is 0 Å². The van der Waals surface area contributed by atoms with Crippen LogP contribution in [0.2, 0.25) is 0 Å². The first-order valence-corrected chi connectivity index (χ1v) is 6.34. The number of aryl methyl sites for hydroxylation is 1. The smallest absolute Gasteiger partial charge is 0.123 e. The summed E-state index contributed by atoms with van der Waals surface area (Å²) >= 11 is 0. The standard InChI is InChI=1S/C14H22FNO/c1-3-13(16)7-5-6-11-10-12(15)8-9-14(11)17-4-2/h8-10,13H,3-7,16H2,1-2H3. The molecule has 17 heavy (non-hydrogen) atoms. The van der Waals surface area contributed by atoms with Crippen molar-refractivity contribution in [3.8, 4) is 5.75 Å². The van der Waals surface area contributed by atoms with Crippen LogP contribution in [0.1, 0.15) is 38.7 Å². The number of benzene rings is 1. The normalized spacial score (nSPS) is 12.5. The van der Waals surface area contributed by atoms with E-state index >= 15 is 0 Å². The van der Waals surface area contributed by atoms with Crippen molar-refractivity contribution in [3.05, 3.63) is 29.6 Å². The molecule has 0 saturated carbocycles. The molecule has 0 amide bonds. The van der Waals surface area contributed by atoms with Crippen LogP contribution in [0, 0.1) is 5.82 Å². The first-order chi connectivity index (χ1) is 8.17. The minimum Gasteiger partial charge on any atom is -0.494 e. The summed E-state index contributed by atoms with van der Waals surface area (Å²) in [6, 6.07) is 4.95. The van der Waals surface area contributed by atoms with Crippen LogP contribution in [0.4, 0.5) is 4.39 Å². The van der Waals surface area contributed by atoms with E-state index in [1.807, 2.05) is 6.92 Å². The highest BCUT2D eigenvalue weighted by molar-refractivity contribution is 5.34. The number of rotatable bonds is 7. The molecular weight excluding hydrogens is 217 g/mol. The molecule has 0 fully saturated rings. The first kappa shape index (κ1) is 14.0. The van der Waals surface area contributed by atoms with E-state index in [9.17, 15) is 4.39 Å². The molecule has 2 nitrogen and oxygen atoms in total. The molecule has 0 aromatic heterocycles. The molecule has 1 atom stereocenters. The summed E-state index contributed by atoms with van der Waals surface area (Å²) in [5.74, 6) is 0.585. The third kappa shape index (κ3) is 4.73. The largest absolute Gasteiger partial charge is 0.494 e. The summed E-state index contributed by atoms with van der Waals surface area (Å²) in [7, 11) is 0. The Morgan fingerprint density at radius 3 is 2.76 bits per heavy atom. The zero-order valence-corrected chi connectivity index (χ0v) is 10.7. The minimum atomic E-state index is -0.205. The van der Waals surface area contributed by atoms with Crippen LogP contribution in [0.3, 0.4) is 0 Å². The molecular formula is C14H22FNO. The SMILES string of the molecule is CCOc1ccc(F)cc1CCCC(N)CC. The fourth-order valence-electron chi connectivity index (χ4n) is 1.80. The molecule has 0 heterocycles. The van der Waals surface area contributed by atoms with E-state index < -0.39 is 0 Å². The van der Waals surface area contributed by atoms with Crippen molar-refractivity contribution in [2.24, 2.45) is 5.73 Å². The quantitative estimate of drug-likeness (QED) is 0.792. The van der Waals surface area contributed by atoms with Gasteiger partial charge in [-0.1, -0.05) is 6.92 Å². The molecule has 0 radical (unpaired) electrons. The lowest BCUT2D eigenvalue weighted by Crippen LogP contribution is -2.18. The van der Waals surface area contributed by atoms with Gasteiger partial charge in [-0.25, -0.2) is 4.39 Å². The second-order valence-electron chi connectivity index (χ2n) is 4.25. The Hall–Kier alpha value is -1.09. The topological polar surface area (TPSA) is 35.2 Å². The van der Waals surface area contributed by atoms with Crippen molar-refractivity contribution in [1.82, 2.24) is 0 Å². The summed E-state index contributed by atoms with van der Waals surface area (Å²) < 4.78 is 18.6. The molecule has 0 aliphatic heterocycles. The minimum absolute atomic E-state index is 0.205. The first-order valence-electron chi connectivity index (χ1n) is 6.34. The molecule has 0 saturated heterocycles. The van der Waals surface area contributed by atoms with Gasteiger partial charge in [0.05, 0.1) is 6.61 Å². The number of nitrogens with two attached hydrogens (primary N) is 1. The zero-order chi connectivity index (χ0) is 12.7. The Morgan fingerprint density at radius 2 is 2.12 bits per heavy atom. The van der Waals surface area contributed by atoms with E-state index in [2.05, 4.69) is 6.92 Å². The second-order valence-corrected chi connectivity index (χ2v) is 4.25.